The van der Waals surface area contributed by atoms with Crippen LogP contribution >= 0.6 is 0 Å². The molecule has 1 heteroatoms. The van der Waals surface area contributed by atoms with Crippen LogP contribution in [0.15, 0.2) is 42.5 Å². The first-order valence-corrected chi connectivity index (χ1v) is 4.32. The smallest absolute Gasteiger partial charge is 0 e. The summed E-state index contributed by atoms with van der Waals surface area (Å²) in [4.78, 5) is 0. The van der Waals surface area contributed by atoms with E-state index in [2.05, 4.69) is 31.2 Å². The van der Waals surface area contributed by atoms with Gasteiger partial charge in [-0.05, 0) is 0 Å². The molecule has 14 heavy (non-hydrogen) atoms. The Morgan fingerprint density at radius 3 is 2.36 bits per heavy atom. The molecule has 0 heterocycles. The number of hydrogen-bond acceptors (Lipinski definition) is 0. The normalized spacial score (nSPS) is 9.21. The van der Waals surface area contributed by atoms with Crippen LogP contribution in [-0.4, -0.2) is 0 Å². The molecule has 0 aliphatic rings. The molecule has 0 atom stereocenters. The van der Waals surface area contributed by atoms with Crippen LogP contribution in [0.25, 0.3) is 11.1 Å². The van der Waals surface area contributed by atoms with Crippen molar-refractivity contribution in [1.82, 2.24) is 0 Å². The zero-order valence-corrected chi connectivity index (χ0v) is 10.3. The second-order valence-electron chi connectivity index (χ2n) is 3.00. The Bertz CT molecular complexity index is 393. The molecule has 0 amide bonds. The van der Waals surface area contributed by atoms with Gasteiger partial charge < -0.3 is 0 Å². The van der Waals surface area contributed by atoms with Gasteiger partial charge in [0.1, 0.15) is 0 Å². The minimum Gasteiger partial charge on any atom is -0.226 e. The molecule has 73 valence electrons. The fraction of sp³-hybridized carbons (Fsp3) is 0.0769. The molecule has 0 saturated carbocycles. The van der Waals surface area contributed by atoms with E-state index in [4.69, 9.17) is 0 Å². The first-order valence-electron chi connectivity index (χ1n) is 4.32. The first-order chi connectivity index (χ1) is 6.38. The van der Waals surface area contributed by atoms with Gasteiger partial charge in [-0.25, -0.2) is 11.1 Å². The zero-order chi connectivity index (χ0) is 9.10. The molecule has 0 fully saturated rings. The van der Waals surface area contributed by atoms with E-state index >= 15 is 0 Å². The van der Waals surface area contributed by atoms with Crippen molar-refractivity contribution in [2.45, 2.75) is 6.92 Å². The zero-order valence-electron chi connectivity index (χ0n) is 7.87. The van der Waals surface area contributed by atoms with Crippen LogP contribution in [0.1, 0.15) is 5.56 Å². The topological polar surface area (TPSA) is 0 Å². The van der Waals surface area contributed by atoms with E-state index in [1.165, 1.54) is 5.56 Å². The summed E-state index contributed by atoms with van der Waals surface area (Å²) in [6, 6.07) is 20.4. The second kappa shape index (κ2) is 5.09. The number of benzene rings is 2. The van der Waals surface area contributed by atoms with E-state index in [1.54, 1.807) is 0 Å². The molecule has 0 aliphatic heterocycles. The molecule has 2 rings (SSSR count). The van der Waals surface area contributed by atoms with Crippen LogP contribution in [0.2, 0.25) is 0 Å². The summed E-state index contributed by atoms with van der Waals surface area (Å²) in [6.07, 6.45) is 0. The molecule has 0 N–H and O–H groups in total. The van der Waals surface area contributed by atoms with Gasteiger partial charge in [-0.3, -0.25) is 0 Å². The molecular formula is C13H10Ir-2. The van der Waals surface area contributed by atoms with E-state index < -0.39 is 0 Å². The van der Waals surface area contributed by atoms with Crippen molar-refractivity contribution in [1.29, 1.82) is 0 Å². The Balaban J connectivity index is 0.000000980. The molecule has 0 aromatic heterocycles. The summed E-state index contributed by atoms with van der Waals surface area (Å²) in [5, 5.41) is 0. The summed E-state index contributed by atoms with van der Waals surface area (Å²) >= 11 is 0. The fourth-order valence-corrected chi connectivity index (χ4v) is 1.36. The summed E-state index contributed by atoms with van der Waals surface area (Å²) in [7, 11) is 0. The summed E-state index contributed by atoms with van der Waals surface area (Å²) in [6.45, 7) is 2.09. The number of aryl methyl sites for hydroxylation is 1. The Kier molecular flexibility index (Phi) is 4.06. The fourth-order valence-electron chi connectivity index (χ4n) is 1.36. The minimum absolute atomic E-state index is 0. The Morgan fingerprint density at radius 2 is 1.71 bits per heavy atom. The maximum Gasteiger partial charge on any atom is 0 e. The number of rotatable bonds is 1. The Hall–Kier alpha value is -0.911. The Morgan fingerprint density at radius 1 is 0.929 bits per heavy atom. The molecule has 2 aromatic rings. The summed E-state index contributed by atoms with van der Waals surface area (Å²) in [5.41, 5.74) is 3.49. The molecule has 0 aliphatic carbocycles. The first kappa shape index (κ1) is 11.2. The molecule has 0 bridgehead atoms. The van der Waals surface area contributed by atoms with Gasteiger partial charge in [0, 0.05) is 20.1 Å². The van der Waals surface area contributed by atoms with Crippen LogP contribution < -0.4 is 0 Å². The van der Waals surface area contributed by atoms with Gasteiger partial charge in [-0.2, -0.15) is 48.0 Å². The second-order valence-corrected chi connectivity index (χ2v) is 3.00. The van der Waals surface area contributed by atoms with Crippen LogP contribution in [-0.2, 0) is 20.1 Å². The number of hydrogen-bond donors (Lipinski definition) is 0. The molecule has 0 unspecified atom stereocenters. The third-order valence-corrected chi connectivity index (χ3v) is 2.04. The van der Waals surface area contributed by atoms with Crippen LogP contribution in [0.3, 0.4) is 0 Å². The quantitative estimate of drug-likeness (QED) is 0.687. The molecule has 0 saturated heterocycles. The van der Waals surface area contributed by atoms with Crippen LogP contribution in [0.4, 0.5) is 0 Å². The van der Waals surface area contributed by atoms with E-state index in [0.717, 1.165) is 11.1 Å². The minimum atomic E-state index is 0. The molecule has 0 nitrogen and oxygen atoms in total. The van der Waals surface area contributed by atoms with Gasteiger partial charge in [0.25, 0.3) is 0 Å². The Labute approximate surface area is 98.3 Å². The maximum absolute atomic E-state index is 3.22. The third kappa shape index (κ3) is 2.31. The van der Waals surface area contributed by atoms with Gasteiger partial charge in [0.15, 0.2) is 0 Å². The largest absolute Gasteiger partial charge is 0.226 e. The average molecular weight is 358 g/mol. The van der Waals surface area contributed by atoms with Gasteiger partial charge >= 0.3 is 0 Å². The van der Waals surface area contributed by atoms with Crippen LogP contribution in [0.5, 0.6) is 0 Å². The van der Waals surface area contributed by atoms with Crippen molar-refractivity contribution in [3.8, 4) is 11.1 Å². The maximum atomic E-state index is 3.22. The predicted octanol–water partition coefficient (Wildman–Crippen LogP) is 3.26. The van der Waals surface area contributed by atoms with Gasteiger partial charge in [-0.15, -0.1) is 12.1 Å². The van der Waals surface area contributed by atoms with Gasteiger partial charge in [0.2, 0.25) is 0 Å². The van der Waals surface area contributed by atoms with Crippen molar-refractivity contribution in [2.75, 3.05) is 0 Å². The SMILES string of the molecule is Cc1ccc[c-]c1-c1[c-]cccc1.[Ir]. The van der Waals surface area contributed by atoms with Gasteiger partial charge in [0.05, 0.1) is 0 Å². The molecule has 2 aromatic carbocycles. The predicted molar refractivity (Wildman–Crippen MR) is 54.3 cm³/mol. The molecular weight excluding hydrogens is 348 g/mol. The van der Waals surface area contributed by atoms with E-state index in [9.17, 15) is 0 Å². The molecule has 0 spiro atoms. The average Bonchev–Trinajstić information content (AvgIpc) is 2.20. The van der Waals surface area contributed by atoms with Crippen molar-refractivity contribution < 1.29 is 20.1 Å². The van der Waals surface area contributed by atoms with Crippen molar-refractivity contribution >= 4 is 0 Å². The summed E-state index contributed by atoms with van der Waals surface area (Å²) < 4.78 is 0. The van der Waals surface area contributed by atoms with E-state index in [1.807, 2.05) is 30.3 Å². The van der Waals surface area contributed by atoms with Crippen LogP contribution in [0, 0.1) is 19.1 Å². The van der Waals surface area contributed by atoms with E-state index in [-0.39, 0.29) is 20.1 Å². The van der Waals surface area contributed by atoms with Crippen molar-refractivity contribution in [2.24, 2.45) is 0 Å². The third-order valence-electron chi connectivity index (χ3n) is 2.04. The monoisotopic (exact) mass is 359 g/mol. The van der Waals surface area contributed by atoms with Crippen molar-refractivity contribution in [3.63, 3.8) is 0 Å². The van der Waals surface area contributed by atoms with Gasteiger partial charge in [-0.1, -0.05) is 6.92 Å². The molecule has 1 radical (unpaired) electrons. The van der Waals surface area contributed by atoms with Crippen molar-refractivity contribution in [3.05, 3.63) is 60.2 Å². The van der Waals surface area contributed by atoms with E-state index in [0.29, 0.717) is 0 Å². The summed E-state index contributed by atoms with van der Waals surface area (Å²) in [5.74, 6) is 0. The standard InChI is InChI=1S/C13H10.Ir/c1-11-7-5-6-10-13(11)12-8-3-2-4-9-12;/h2-8H,1H3;/q-2;.